The molecule has 0 unspecified atom stereocenters. The van der Waals surface area contributed by atoms with Crippen molar-refractivity contribution in [3.63, 3.8) is 0 Å². The van der Waals surface area contributed by atoms with Crippen molar-refractivity contribution in [2.75, 3.05) is 0 Å². The highest BCUT2D eigenvalue weighted by atomic mass is 16.4. The van der Waals surface area contributed by atoms with Crippen LogP contribution in [0.5, 0.6) is 0 Å². The van der Waals surface area contributed by atoms with Gasteiger partial charge >= 0.3 is 0 Å². The Hall–Kier alpha value is -1.39. The van der Waals surface area contributed by atoms with E-state index in [9.17, 15) is 9.59 Å². The molecule has 2 amide bonds. The molecule has 19 heavy (non-hydrogen) atoms. The van der Waals surface area contributed by atoms with Crippen molar-refractivity contribution in [2.45, 2.75) is 57.4 Å². The van der Waals surface area contributed by atoms with Gasteiger partial charge in [-0.2, -0.15) is 0 Å². The van der Waals surface area contributed by atoms with Gasteiger partial charge in [0.2, 0.25) is 11.8 Å². The summed E-state index contributed by atoms with van der Waals surface area (Å²) in [6, 6.07) is 0.119. The average molecular weight is 264 g/mol. The Morgan fingerprint density at radius 1 is 1.00 bits per heavy atom. The molecule has 1 N–H and O–H groups in total. The summed E-state index contributed by atoms with van der Waals surface area (Å²) in [4.78, 5) is 26.5. The first-order valence-electron chi connectivity index (χ1n) is 7.29. The van der Waals surface area contributed by atoms with Crippen LogP contribution in [0, 0.1) is 11.8 Å². The van der Waals surface area contributed by atoms with Crippen molar-refractivity contribution in [2.24, 2.45) is 17.0 Å². The van der Waals surface area contributed by atoms with Gasteiger partial charge in [-0.25, -0.2) is 0 Å². The van der Waals surface area contributed by atoms with Crippen LogP contribution in [0.4, 0.5) is 0 Å². The predicted molar refractivity (Wildman–Crippen MR) is 68.8 cm³/mol. The molecule has 0 spiro atoms. The molecule has 3 aliphatic rings. The number of imide groups is 1. The van der Waals surface area contributed by atoms with E-state index in [1.807, 2.05) is 0 Å². The van der Waals surface area contributed by atoms with Gasteiger partial charge in [0, 0.05) is 12.5 Å². The van der Waals surface area contributed by atoms with Crippen molar-refractivity contribution in [1.29, 1.82) is 0 Å². The normalized spacial score (nSPS) is 34.9. The number of carbonyl (C=O) groups excluding carboxylic acids is 2. The second-order valence-electron chi connectivity index (χ2n) is 5.96. The van der Waals surface area contributed by atoms with Crippen LogP contribution >= 0.6 is 0 Å². The van der Waals surface area contributed by atoms with Crippen molar-refractivity contribution in [3.8, 4) is 0 Å². The number of hydrogen-bond donors (Lipinski definition) is 1. The third-order valence-corrected chi connectivity index (χ3v) is 4.88. The monoisotopic (exact) mass is 264 g/mol. The number of rotatable bonds is 1. The number of likely N-dealkylation sites (tertiary alicyclic amines) is 1. The number of fused-ring (bicyclic) bond motifs is 1. The zero-order valence-electron chi connectivity index (χ0n) is 11.0. The van der Waals surface area contributed by atoms with Gasteiger partial charge in [-0.15, -0.1) is 0 Å². The van der Waals surface area contributed by atoms with Crippen molar-refractivity contribution >= 4 is 17.5 Å². The summed E-state index contributed by atoms with van der Waals surface area (Å²) < 4.78 is 0. The first kappa shape index (κ1) is 12.6. The third-order valence-electron chi connectivity index (χ3n) is 4.88. The molecule has 3 rings (SSSR count). The fraction of sp³-hybridized carbons (Fsp3) is 0.786. The lowest BCUT2D eigenvalue weighted by molar-refractivity contribution is -0.143. The van der Waals surface area contributed by atoms with Gasteiger partial charge in [0.05, 0.1) is 17.5 Å². The Labute approximate surface area is 112 Å². The topological polar surface area (TPSA) is 70.0 Å². The van der Waals surface area contributed by atoms with E-state index in [1.54, 1.807) is 4.90 Å². The number of carbonyl (C=O) groups is 2. The molecular weight excluding hydrogens is 244 g/mol. The summed E-state index contributed by atoms with van der Waals surface area (Å²) in [6.07, 6.45) is 7.08. The Morgan fingerprint density at radius 3 is 2.37 bits per heavy atom. The lowest BCUT2D eigenvalue weighted by atomic mass is 9.80. The highest BCUT2D eigenvalue weighted by Gasteiger charge is 2.51. The summed E-state index contributed by atoms with van der Waals surface area (Å²) >= 11 is 0. The molecule has 3 fully saturated rings. The Balaban J connectivity index is 1.80. The zero-order chi connectivity index (χ0) is 13.4. The minimum atomic E-state index is -0.269. The molecule has 5 nitrogen and oxygen atoms in total. The van der Waals surface area contributed by atoms with E-state index in [0.717, 1.165) is 25.7 Å². The molecule has 0 radical (unpaired) electrons. The van der Waals surface area contributed by atoms with Gasteiger partial charge in [-0.05, 0) is 25.7 Å². The molecule has 5 heteroatoms. The van der Waals surface area contributed by atoms with E-state index in [4.69, 9.17) is 5.21 Å². The van der Waals surface area contributed by atoms with Crippen LogP contribution in [0.2, 0.25) is 0 Å². The first-order chi connectivity index (χ1) is 9.22. The summed E-state index contributed by atoms with van der Waals surface area (Å²) in [5.74, 6) is -0.435. The smallest absolute Gasteiger partial charge is 0.233 e. The van der Waals surface area contributed by atoms with E-state index in [1.165, 1.54) is 6.42 Å². The predicted octanol–water partition coefficient (Wildman–Crippen LogP) is 1.93. The summed E-state index contributed by atoms with van der Waals surface area (Å²) in [5.41, 5.74) is 0.660. The van der Waals surface area contributed by atoms with Crippen LogP contribution in [0.25, 0.3) is 0 Å². The van der Waals surface area contributed by atoms with E-state index < -0.39 is 0 Å². The molecule has 0 bridgehead atoms. The molecular formula is C14H20N2O3. The quantitative estimate of drug-likeness (QED) is 0.447. The van der Waals surface area contributed by atoms with Crippen molar-refractivity contribution in [1.82, 2.24) is 4.90 Å². The molecule has 2 saturated carbocycles. The van der Waals surface area contributed by atoms with Crippen molar-refractivity contribution < 1.29 is 14.8 Å². The van der Waals surface area contributed by atoms with Gasteiger partial charge in [-0.3, -0.25) is 14.5 Å². The van der Waals surface area contributed by atoms with Crippen LogP contribution < -0.4 is 0 Å². The van der Waals surface area contributed by atoms with Crippen LogP contribution in [0.1, 0.15) is 51.4 Å². The standard InChI is InChI=1S/C14H20N2O3/c17-13-11-7-6-9(15-19)8-12(11)14(18)16(13)10-4-2-1-3-5-10/h10-12,19H,1-8H2/b15-9-/t11-,12-/m1/s1. The largest absolute Gasteiger partial charge is 0.411 e. The van der Waals surface area contributed by atoms with E-state index in [2.05, 4.69) is 5.16 Å². The molecule has 0 aromatic carbocycles. The molecule has 2 aliphatic carbocycles. The number of oxime groups is 1. The highest BCUT2D eigenvalue weighted by molar-refractivity contribution is 6.08. The lowest BCUT2D eigenvalue weighted by Crippen LogP contribution is -2.41. The second-order valence-corrected chi connectivity index (χ2v) is 5.96. The minimum absolute atomic E-state index is 0.0252. The van der Waals surface area contributed by atoms with Gasteiger partial charge in [0.1, 0.15) is 0 Å². The maximum absolute atomic E-state index is 12.5. The molecule has 104 valence electrons. The molecule has 0 aromatic rings. The Morgan fingerprint density at radius 2 is 1.68 bits per heavy atom. The molecule has 1 saturated heterocycles. The summed E-state index contributed by atoms with van der Waals surface area (Å²) in [5, 5.41) is 12.1. The number of amides is 2. The lowest BCUT2D eigenvalue weighted by Gasteiger charge is -2.29. The van der Waals surface area contributed by atoms with Crippen LogP contribution in [-0.2, 0) is 9.59 Å². The first-order valence-corrected chi connectivity index (χ1v) is 7.29. The maximum atomic E-state index is 12.5. The highest BCUT2D eigenvalue weighted by Crippen LogP contribution is 2.40. The zero-order valence-corrected chi connectivity index (χ0v) is 11.0. The van der Waals surface area contributed by atoms with Crippen LogP contribution in [0.3, 0.4) is 0 Å². The SMILES string of the molecule is O=C1[C@@H]2CC/C(=N/O)C[C@H]2C(=O)N1C1CCCCC1. The summed E-state index contributed by atoms with van der Waals surface area (Å²) in [6.45, 7) is 0. The van der Waals surface area contributed by atoms with Gasteiger partial charge in [0.25, 0.3) is 0 Å². The Kier molecular flexibility index (Phi) is 3.29. The van der Waals surface area contributed by atoms with Crippen LogP contribution in [0.15, 0.2) is 5.16 Å². The second kappa shape index (κ2) is 4.94. The van der Waals surface area contributed by atoms with Gasteiger partial charge in [-0.1, -0.05) is 24.4 Å². The third kappa shape index (κ3) is 2.05. The van der Waals surface area contributed by atoms with E-state index >= 15 is 0 Å². The van der Waals surface area contributed by atoms with Gasteiger partial charge < -0.3 is 5.21 Å². The fourth-order valence-corrected chi connectivity index (χ4v) is 3.83. The molecule has 0 aromatic heterocycles. The average Bonchev–Trinajstić information content (AvgIpc) is 2.71. The van der Waals surface area contributed by atoms with Crippen LogP contribution in [-0.4, -0.2) is 33.7 Å². The van der Waals surface area contributed by atoms with E-state index in [0.29, 0.717) is 25.0 Å². The number of hydrogen-bond acceptors (Lipinski definition) is 4. The summed E-state index contributed by atoms with van der Waals surface area (Å²) in [7, 11) is 0. The molecule has 1 aliphatic heterocycles. The minimum Gasteiger partial charge on any atom is -0.411 e. The maximum Gasteiger partial charge on any atom is 0.233 e. The van der Waals surface area contributed by atoms with Gasteiger partial charge in [0.15, 0.2) is 0 Å². The fourth-order valence-electron chi connectivity index (χ4n) is 3.83. The van der Waals surface area contributed by atoms with Crippen molar-refractivity contribution in [3.05, 3.63) is 0 Å². The molecule has 2 atom stereocenters. The Bertz CT molecular complexity index is 426. The molecule has 1 heterocycles. The van der Waals surface area contributed by atoms with E-state index in [-0.39, 0.29) is 29.7 Å². The number of nitrogens with zero attached hydrogens (tertiary/aromatic N) is 2.